The Hall–Kier alpha value is -3.75. The molecule has 4 aliphatic rings. The molecule has 1 amide bonds. The van der Waals surface area contributed by atoms with E-state index in [4.69, 9.17) is 21.1 Å². The van der Waals surface area contributed by atoms with Crippen LogP contribution in [0.2, 0.25) is 5.02 Å². The standard InChI is InChI=1S/C24H36O5.C16H13ClN2O/c1-5-15(3)24(27)29-21-11-14(2)10-17-7-6-16(4)20(23(17)21)9-8-19-12-18(25)13-22(26)28-19;1-19-14-8-7-12(17)9-13(14)16(18-10-15(19)20)11-5-3-2-4-6-11/h6-7,10,14-16,18-21,23,25H,5,8-9,11-13H2,1-4H3;2-9H,10H2,1H3/t14-,15-,16-,18+,19+,20-,21-,23-;/m0./s1. The number of benzene rings is 2. The van der Waals surface area contributed by atoms with E-state index in [0.717, 1.165) is 48.2 Å². The second kappa shape index (κ2) is 16.3. The van der Waals surface area contributed by atoms with Crippen molar-refractivity contribution in [2.75, 3.05) is 18.5 Å². The molecule has 0 spiro atoms. The lowest BCUT2D eigenvalue weighted by atomic mass is 9.65. The highest BCUT2D eigenvalue weighted by Crippen LogP contribution is 2.45. The number of anilines is 1. The van der Waals surface area contributed by atoms with Gasteiger partial charge in [-0.3, -0.25) is 19.4 Å². The van der Waals surface area contributed by atoms with Crippen LogP contribution in [0.4, 0.5) is 5.69 Å². The zero-order valence-electron chi connectivity index (χ0n) is 29.2. The Balaban J connectivity index is 0.000000204. The molecule has 0 radical (unpaired) electrons. The van der Waals surface area contributed by atoms with Gasteiger partial charge in [0.1, 0.15) is 18.8 Å². The number of ether oxygens (including phenoxy) is 2. The lowest BCUT2D eigenvalue weighted by Crippen LogP contribution is -2.42. The van der Waals surface area contributed by atoms with Crippen molar-refractivity contribution in [3.63, 3.8) is 0 Å². The molecule has 0 bridgehead atoms. The largest absolute Gasteiger partial charge is 0.462 e. The van der Waals surface area contributed by atoms with Crippen molar-refractivity contribution in [2.24, 2.45) is 34.6 Å². The van der Waals surface area contributed by atoms with E-state index in [1.807, 2.05) is 56.3 Å². The lowest BCUT2D eigenvalue weighted by molar-refractivity contribution is -0.162. The number of esters is 2. The number of allylic oxidation sites excluding steroid dienone is 3. The number of carbonyl (C=O) groups is 3. The lowest BCUT2D eigenvalue weighted by Gasteiger charge is -2.43. The van der Waals surface area contributed by atoms with Gasteiger partial charge in [-0.05, 0) is 67.2 Å². The number of halogens is 1. The maximum atomic E-state index is 12.5. The molecule has 1 N–H and O–H groups in total. The van der Waals surface area contributed by atoms with Crippen molar-refractivity contribution < 1.29 is 29.0 Å². The van der Waals surface area contributed by atoms with Crippen LogP contribution in [0.1, 0.15) is 77.3 Å². The normalized spacial score (nSPS) is 28.4. The minimum atomic E-state index is -0.597. The number of rotatable bonds is 7. The Labute approximate surface area is 295 Å². The van der Waals surface area contributed by atoms with E-state index >= 15 is 0 Å². The molecule has 2 heterocycles. The molecule has 2 aromatic rings. The van der Waals surface area contributed by atoms with E-state index in [1.54, 1.807) is 18.0 Å². The van der Waals surface area contributed by atoms with Gasteiger partial charge in [0.05, 0.1) is 29.8 Å². The number of aliphatic hydroxyl groups excluding tert-OH is 1. The topological polar surface area (TPSA) is 105 Å². The molecule has 2 aliphatic heterocycles. The summed E-state index contributed by atoms with van der Waals surface area (Å²) in [4.78, 5) is 42.3. The molecule has 8 atom stereocenters. The number of fused-ring (bicyclic) bond motifs is 2. The molecular formula is C40H49ClN2O6. The molecule has 0 unspecified atom stereocenters. The van der Waals surface area contributed by atoms with Crippen molar-refractivity contribution in [3.05, 3.63) is 88.5 Å². The fourth-order valence-corrected chi connectivity index (χ4v) is 7.55. The molecule has 1 saturated heterocycles. The Morgan fingerprint density at radius 3 is 2.59 bits per heavy atom. The van der Waals surface area contributed by atoms with Crippen molar-refractivity contribution in [1.29, 1.82) is 0 Å². The third kappa shape index (κ3) is 8.89. The number of likely N-dealkylation sites (N-methyl/N-ethyl adjacent to an activating group) is 1. The summed E-state index contributed by atoms with van der Waals surface area (Å²) in [6.07, 6.45) is 9.70. The van der Waals surface area contributed by atoms with Crippen molar-refractivity contribution in [3.8, 4) is 0 Å². The van der Waals surface area contributed by atoms with Gasteiger partial charge in [-0.1, -0.05) is 87.9 Å². The van der Waals surface area contributed by atoms with E-state index in [0.29, 0.717) is 29.2 Å². The summed E-state index contributed by atoms with van der Waals surface area (Å²) >= 11 is 6.11. The molecule has 49 heavy (non-hydrogen) atoms. The summed E-state index contributed by atoms with van der Waals surface area (Å²) in [5.41, 5.74) is 4.78. The van der Waals surface area contributed by atoms with Crippen LogP contribution in [0.25, 0.3) is 0 Å². The zero-order valence-corrected chi connectivity index (χ0v) is 29.9. The van der Waals surface area contributed by atoms with Gasteiger partial charge < -0.3 is 19.5 Å². The Kier molecular flexibility index (Phi) is 12.2. The monoisotopic (exact) mass is 688 g/mol. The quantitative estimate of drug-likeness (QED) is 0.305. The first-order chi connectivity index (χ1) is 23.4. The van der Waals surface area contributed by atoms with Gasteiger partial charge in [0.15, 0.2) is 0 Å². The van der Waals surface area contributed by atoms with Gasteiger partial charge in [0.2, 0.25) is 5.91 Å². The van der Waals surface area contributed by atoms with Gasteiger partial charge in [-0.2, -0.15) is 0 Å². The van der Waals surface area contributed by atoms with E-state index < -0.39 is 6.10 Å². The molecule has 6 rings (SSSR count). The minimum absolute atomic E-state index is 0.0282. The Bertz CT molecular complexity index is 1600. The highest BCUT2D eigenvalue weighted by molar-refractivity contribution is 6.32. The summed E-state index contributed by atoms with van der Waals surface area (Å²) in [6.45, 7) is 8.47. The van der Waals surface area contributed by atoms with Crippen LogP contribution in [0.3, 0.4) is 0 Å². The van der Waals surface area contributed by atoms with Gasteiger partial charge in [-0.15, -0.1) is 0 Å². The van der Waals surface area contributed by atoms with Crippen LogP contribution in [0.15, 0.2) is 77.3 Å². The molecule has 0 saturated carbocycles. The Morgan fingerprint density at radius 2 is 1.88 bits per heavy atom. The van der Waals surface area contributed by atoms with Gasteiger partial charge in [0.25, 0.3) is 0 Å². The van der Waals surface area contributed by atoms with Crippen molar-refractivity contribution >= 4 is 40.8 Å². The molecule has 2 aromatic carbocycles. The number of cyclic esters (lactones) is 1. The predicted molar refractivity (Wildman–Crippen MR) is 193 cm³/mol. The SMILES string of the molecule is CC[C@H](C)C(=O)O[C@H]1C[C@@H](C)C=C2C=C[C@H](C)[C@H](CC[C@@H]3C[C@@H](O)CC(=O)O3)[C@H]21.CN1C(=O)CN=C(c2ccccc2)c2cc(Cl)ccc21. The van der Waals surface area contributed by atoms with Gasteiger partial charge >= 0.3 is 11.9 Å². The predicted octanol–water partition coefficient (Wildman–Crippen LogP) is 7.35. The van der Waals surface area contributed by atoms with Crippen LogP contribution >= 0.6 is 11.6 Å². The molecular weight excluding hydrogens is 640 g/mol. The summed E-state index contributed by atoms with van der Waals surface area (Å²) in [7, 11) is 1.76. The van der Waals surface area contributed by atoms with E-state index in [-0.39, 0.29) is 54.9 Å². The molecule has 262 valence electrons. The summed E-state index contributed by atoms with van der Waals surface area (Å²) < 4.78 is 11.5. The smallest absolute Gasteiger partial charge is 0.308 e. The third-order valence-electron chi connectivity index (χ3n) is 10.3. The molecule has 9 heteroatoms. The summed E-state index contributed by atoms with van der Waals surface area (Å²) in [5, 5.41) is 10.5. The summed E-state index contributed by atoms with van der Waals surface area (Å²) in [6, 6.07) is 15.3. The van der Waals surface area contributed by atoms with E-state index in [9.17, 15) is 19.5 Å². The molecule has 1 fully saturated rings. The number of benzodiazepines with no additional fused rings is 1. The first kappa shape index (κ1) is 36.5. The minimum Gasteiger partial charge on any atom is -0.462 e. The van der Waals surface area contributed by atoms with Crippen LogP contribution in [-0.2, 0) is 23.9 Å². The number of amides is 1. The molecule has 2 aliphatic carbocycles. The number of nitrogens with zero attached hydrogens (tertiary/aromatic N) is 2. The molecule has 0 aromatic heterocycles. The number of aliphatic hydroxyl groups is 1. The first-order valence-corrected chi connectivity index (χ1v) is 18.0. The fourth-order valence-electron chi connectivity index (χ4n) is 7.38. The fraction of sp³-hybridized carbons (Fsp3) is 0.500. The van der Waals surface area contributed by atoms with E-state index in [1.165, 1.54) is 5.57 Å². The zero-order chi connectivity index (χ0) is 35.2. The third-order valence-corrected chi connectivity index (χ3v) is 10.5. The van der Waals surface area contributed by atoms with Crippen LogP contribution in [-0.4, -0.2) is 60.6 Å². The Morgan fingerprint density at radius 1 is 1.12 bits per heavy atom. The second-order valence-electron chi connectivity index (χ2n) is 14.0. The number of hydrogen-bond acceptors (Lipinski definition) is 7. The van der Waals surface area contributed by atoms with Crippen LogP contribution in [0.5, 0.6) is 0 Å². The second-order valence-corrected chi connectivity index (χ2v) is 14.4. The van der Waals surface area contributed by atoms with E-state index in [2.05, 4.69) is 37.1 Å². The first-order valence-electron chi connectivity index (χ1n) is 17.6. The van der Waals surface area contributed by atoms with Crippen molar-refractivity contribution in [2.45, 2.75) is 84.5 Å². The van der Waals surface area contributed by atoms with Crippen molar-refractivity contribution in [1.82, 2.24) is 0 Å². The number of hydrogen-bond donors (Lipinski definition) is 1. The maximum absolute atomic E-state index is 12.5. The molecule has 8 nitrogen and oxygen atoms in total. The average Bonchev–Trinajstić information content (AvgIpc) is 3.19. The van der Waals surface area contributed by atoms with Crippen LogP contribution < -0.4 is 4.90 Å². The average molecular weight is 689 g/mol. The highest BCUT2D eigenvalue weighted by Gasteiger charge is 2.42. The summed E-state index contributed by atoms with van der Waals surface area (Å²) in [5.74, 6) is 0.727. The van der Waals surface area contributed by atoms with Gasteiger partial charge in [-0.25, -0.2) is 0 Å². The number of carbonyl (C=O) groups excluding carboxylic acids is 3. The maximum Gasteiger partial charge on any atom is 0.308 e. The van der Waals surface area contributed by atoms with Crippen LogP contribution in [0, 0.1) is 29.6 Å². The number of aliphatic imine (C=N–C) groups is 1. The van der Waals surface area contributed by atoms with Gasteiger partial charge in [0, 0.05) is 35.5 Å². The highest BCUT2D eigenvalue weighted by atomic mass is 35.5.